The fourth-order valence-electron chi connectivity index (χ4n) is 2.99. The number of hydrogen-bond donors (Lipinski definition) is 1. The van der Waals surface area contributed by atoms with E-state index in [9.17, 15) is 9.59 Å². The van der Waals surface area contributed by atoms with Gasteiger partial charge < -0.3 is 10.1 Å². The van der Waals surface area contributed by atoms with Crippen molar-refractivity contribution in [2.45, 2.75) is 20.8 Å². The van der Waals surface area contributed by atoms with Crippen LogP contribution in [0.2, 0.25) is 5.02 Å². The van der Waals surface area contributed by atoms with Crippen molar-refractivity contribution in [3.63, 3.8) is 0 Å². The summed E-state index contributed by atoms with van der Waals surface area (Å²) in [5.74, 6) is -0.718. The predicted molar refractivity (Wildman–Crippen MR) is 115 cm³/mol. The Balaban J connectivity index is 2.07. The minimum absolute atomic E-state index is 0.249. The van der Waals surface area contributed by atoms with Gasteiger partial charge in [-0.05, 0) is 50.1 Å². The van der Waals surface area contributed by atoms with Gasteiger partial charge in [0, 0.05) is 21.0 Å². The summed E-state index contributed by atoms with van der Waals surface area (Å²) < 4.78 is 5.27. The fraction of sp³-hybridized carbons (Fsp3) is 0.182. The van der Waals surface area contributed by atoms with Crippen molar-refractivity contribution in [1.29, 1.82) is 0 Å². The average Bonchev–Trinajstić information content (AvgIpc) is 2.98. The van der Waals surface area contributed by atoms with Crippen molar-refractivity contribution in [2.75, 3.05) is 11.9 Å². The lowest BCUT2D eigenvalue weighted by molar-refractivity contribution is 0.0529. The molecule has 3 aromatic rings. The van der Waals surface area contributed by atoms with Gasteiger partial charge >= 0.3 is 5.97 Å². The summed E-state index contributed by atoms with van der Waals surface area (Å²) in [6.45, 7) is 5.80. The van der Waals surface area contributed by atoms with Gasteiger partial charge in [0.1, 0.15) is 10.6 Å². The molecule has 144 valence electrons. The normalized spacial score (nSPS) is 10.6. The van der Waals surface area contributed by atoms with Crippen LogP contribution in [-0.4, -0.2) is 18.5 Å². The quantitative estimate of drug-likeness (QED) is 0.513. The van der Waals surface area contributed by atoms with Crippen LogP contribution in [0.4, 0.5) is 5.00 Å². The molecule has 0 aliphatic heterocycles. The van der Waals surface area contributed by atoms with Gasteiger partial charge in [0.15, 0.2) is 0 Å². The molecule has 0 radical (unpaired) electrons. The van der Waals surface area contributed by atoms with Crippen LogP contribution in [0.25, 0.3) is 11.1 Å². The standard InChI is InChI=1S/C22H20ClNO3S/c1-4-27-22(26)19-18(15-9-11-16(23)12-10-15)14(3)28-21(19)24-20(25)17-8-6-5-7-13(17)2/h5-12H,4H2,1-3H3,(H,24,25). The zero-order valence-electron chi connectivity index (χ0n) is 15.8. The second-order valence-electron chi connectivity index (χ2n) is 6.23. The summed E-state index contributed by atoms with van der Waals surface area (Å²) in [6.07, 6.45) is 0. The summed E-state index contributed by atoms with van der Waals surface area (Å²) in [6, 6.07) is 14.6. The molecule has 6 heteroatoms. The molecule has 2 aromatic carbocycles. The van der Waals surface area contributed by atoms with E-state index >= 15 is 0 Å². The molecule has 0 saturated carbocycles. The molecule has 0 saturated heterocycles. The van der Waals surface area contributed by atoms with E-state index in [-0.39, 0.29) is 12.5 Å². The third-order valence-corrected chi connectivity index (χ3v) is 5.59. The van der Waals surface area contributed by atoms with Crippen LogP contribution in [0.3, 0.4) is 0 Å². The van der Waals surface area contributed by atoms with Crippen molar-refractivity contribution >= 4 is 39.8 Å². The maximum atomic E-state index is 12.8. The first-order chi connectivity index (χ1) is 13.4. The highest BCUT2D eigenvalue weighted by Crippen LogP contribution is 2.41. The number of nitrogens with one attached hydrogen (secondary N) is 1. The van der Waals surface area contributed by atoms with Crippen LogP contribution >= 0.6 is 22.9 Å². The third-order valence-electron chi connectivity index (χ3n) is 4.31. The molecule has 1 aromatic heterocycles. The molecule has 0 atom stereocenters. The molecule has 0 unspecified atom stereocenters. The Kier molecular flexibility index (Phi) is 6.17. The van der Waals surface area contributed by atoms with Crippen LogP contribution in [0.1, 0.15) is 38.1 Å². The number of ether oxygens (including phenoxy) is 1. The van der Waals surface area contributed by atoms with Gasteiger partial charge in [0.25, 0.3) is 5.91 Å². The fourth-order valence-corrected chi connectivity index (χ4v) is 4.18. The number of amides is 1. The van der Waals surface area contributed by atoms with Gasteiger partial charge in [-0.2, -0.15) is 0 Å². The van der Waals surface area contributed by atoms with E-state index in [0.29, 0.717) is 21.2 Å². The zero-order valence-corrected chi connectivity index (χ0v) is 17.4. The van der Waals surface area contributed by atoms with Gasteiger partial charge in [-0.25, -0.2) is 4.79 Å². The number of anilines is 1. The maximum Gasteiger partial charge on any atom is 0.341 e. The van der Waals surface area contributed by atoms with Crippen LogP contribution in [-0.2, 0) is 4.74 Å². The Morgan fingerprint density at radius 2 is 1.75 bits per heavy atom. The van der Waals surface area contributed by atoms with E-state index < -0.39 is 5.97 Å². The van der Waals surface area contributed by atoms with E-state index in [0.717, 1.165) is 21.6 Å². The van der Waals surface area contributed by atoms with Crippen molar-refractivity contribution in [1.82, 2.24) is 0 Å². The first kappa shape index (κ1) is 20.1. The second-order valence-corrected chi connectivity index (χ2v) is 7.89. The lowest BCUT2D eigenvalue weighted by atomic mass is 10.0. The number of halogens is 1. The predicted octanol–water partition coefficient (Wildman–Crippen LogP) is 6.11. The summed E-state index contributed by atoms with van der Waals surface area (Å²) in [5, 5.41) is 4.00. The van der Waals surface area contributed by atoms with Crippen molar-refractivity contribution in [2.24, 2.45) is 0 Å². The topological polar surface area (TPSA) is 55.4 Å². The van der Waals surface area contributed by atoms with Crippen LogP contribution in [0.5, 0.6) is 0 Å². The molecular formula is C22H20ClNO3S. The van der Waals surface area contributed by atoms with E-state index in [1.807, 2.05) is 44.2 Å². The molecular weight excluding hydrogens is 394 g/mol. The highest BCUT2D eigenvalue weighted by Gasteiger charge is 2.26. The lowest BCUT2D eigenvalue weighted by Gasteiger charge is -2.10. The number of rotatable bonds is 5. The molecule has 0 aliphatic carbocycles. The molecule has 1 amide bonds. The van der Waals surface area contributed by atoms with Crippen molar-refractivity contribution in [3.05, 3.63) is 75.1 Å². The summed E-state index contributed by atoms with van der Waals surface area (Å²) in [7, 11) is 0. The second kappa shape index (κ2) is 8.59. The van der Waals surface area contributed by atoms with Gasteiger partial charge in [-0.3, -0.25) is 4.79 Å². The first-order valence-electron chi connectivity index (χ1n) is 8.85. The highest BCUT2D eigenvalue weighted by molar-refractivity contribution is 7.17. The largest absolute Gasteiger partial charge is 0.462 e. The molecule has 28 heavy (non-hydrogen) atoms. The Morgan fingerprint density at radius 3 is 2.39 bits per heavy atom. The van der Waals surface area contributed by atoms with Crippen molar-refractivity contribution in [3.8, 4) is 11.1 Å². The van der Waals surface area contributed by atoms with Crippen molar-refractivity contribution < 1.29 is 14.3 Å². The Bertz CT molecular complexity index is 1020. The number of thiophene rings is 1. The average molecular weight is 414 g/mol. The number of hydrogen-bond acceptors (Lipinski definition) is 4. The van der Waals surface area contributed by atoms with Gasteiger partial charge in [-0.1, -0.05) is 41.9 Å². The maximum absolute atomic E-state index is 12.8. The smallest absolute Gasteiger partial charge is 0.341 e. The molecule has 0 bridgehead atoms. The van der Waals surface area contributed by atoms with Gasteiger partial charge in [0.2, 0.25) is 0 Å². The molecule has 0 spiro atoms. The minimum Gasteiger partial charge on any atom is -0.462 e. The Hall–Kier alpha value is -2.63. The minimum atomic E-state index is -0.461. The molecule has 3 rings (SSSR count). The zero-order chi connectivity index (χ0) is 20.3. The number of carbonyl (C=O) groups is 2. The SMILES string of the molecule is CCOC(=O)c1c(NC(=O)c2ccccc2C)sc(C)c1-c1ccc(Cl)cc1. The molecule has 1 heterocycles. The van der Waals surface area contributed by atoms with Crippen LogP contribution in [0, 0.1) is 13.8 Å². The molecule has 0 fully saturated rings. The van der Waals surface area contributed by atoms with E-state index in [1.165, 1.54) is 11.3 Å². The monoisotopic (exact) mass is 413 g/mol. The van der Waals surface area contributed by atoms with Crippen LogP contribution < -0.4 is 5.32 Å². The van der Waals surface area contributed by atoms with Gasteiger partial charge in [-0.15, -0.1) is 11.3 Å². The molecule has 1 N–H and O–H groups in total. The summed E-state index contributed by atoms with van der Waals surface area (Å²) in [5.41, 5.74) is 3.40. The van der Waals surface area contributed by atoms with Gasteiger partial charge in [0.05, 0.1) is 6.61 Å². The number of benzene rings is 2. The third kappa shape index (κ3) is 4.11. The Morgan fingerprint density at radius 1 is 1.07 bits per heavy atom. The number of esters is 1. The first-order valence-corrected chi connectivity index (χ1v) is 10.0. The van der Waals surface area contributed by atoms with Crippen LogP contribution in [0.15, 0.2) is 48.5 Å². The summed E-state index contributed by atoms with van der Waals surface area (Å²) in [4.78, 5) is 26.4. The van der Waals surface area contributed by atoms with E-state index in [2.05, 4.69) is 5.32 Å². The lowest BCUT2D eigenvalue weighted by Crippen LogP contribution is -2.15. The number of aryl methyl sites for hydroxylation is 2. The Labute approximate surface area is 173 Å². The molecule has 0 aliphatic rings. The number of carbonyl (C=O) groups excluding carboxylic acids is 2. The van der Waals surface area contributed by atoms with E-state index in [4.69, 9.17) is 16.3 Å². The highest BCUT2D eigenvalue weighted by atomic mass is 35.5. The summed E-state index contributed by atoms with van der Waals surface area (Å²) >= 11 is 7.36. The van der Waals surface area contributed by atoms with E-state index in [1.54, 1.807) is 25.1 Å². The molecule has 4 nitrogen and oxygen atoms in total.